The average molecular weight is 876 g/mol. The number of unbranched alkanes of at least 4 members (excludes halogenated alkanes) is 2. The number of nitrogen functional groups attached to an aromatic ring is 1. The van der Waals surface area contributed by atoms with Gasteiger partial charge in [0.1, 0.15) is 24.2 Å². The van der Waals surface area contributed by atoms with E-state index in [1.54, 1.807) is 11.8 Å². The van der Waals surface area contributed by atoms with E-state index in [-0.39, 0.29) is 60.0 Å². The van der Waals surface area contributed by atoms with E-state index in [1.807, 2.05) is 0 Å². The lowest BCUT2D eigenvalue weighted by Crippen LogP contribution is -2.38. The molecule has 314 valence electrons. The standard InChI is InChI=1S/C28H44N7O17P3S/c29-25-16(13-35(28(41)34-25)23-12-19(36)20(50-23)14-49-54(45,46)52-55(47,48)51-53(42,43)44)6-5-11-31-22(37)9-2-1-3-10-30-17(26(38)39)7-4-8-21-24-18(15-56-21)32-27(40)33-24/h13,17-21,23-24,30,36H,1-4,7-12,14-15H2,(H,31,37)(H,38,39)(H,45,46)(H,47,48)(H2,29,34,41)(H2,32,33,40)(H2,42,43,44)/t17?,18-,19-,20+,21-,23+,24-/m0/s1. The van der Waals surface area contributed by atoms with Crippen LogP contribution in [0.3, 0.4) is 0 Å². The molecule has 0 spiro atoms. The van der Waals surface area contributed by atoms with E-state index >= 15 is 0 Å². The zero-order chi connectivity index (χ0) is 41.3. The van der Waals surface area contributed by atoms with Gasteiger partial charge in [-0.15, -0.1) is 0 Å². The number of ether oxygens (including phenoxy) is 1. The maximum absolute atomic E-state index is 12.5. The van der Waals surface area contributed by atoms with E-state index < -0.39 is 66.2 Å². The van der Waals surface area contributed by atoms with Crippen molar-refractivity contribution in [2.24, 2.45) is 0 Å². The normalized spacial score (nSPS) is 25.8. The third kappa shape index (κ3) is 14.5. The number of hydrogen-bond donors (Lipinski definition) is 11. The van der Waals surface area contributed by atoms with E-state index in [1.165, 1.54) is 6.20 Å². The molecule has 3 unspecified atom stereocenters. The summed E-state index contributed by atoms with van der Waals surface area (Å²) in [6.07, 6.45) is 0.944. The van der Waals surface area contributed by atoms with Gasteiger partial charge in [-0.05, 0) is 32.2 Å². The SMILES string of the molecule is Nc1nc(=O)n([C@H]2C[C@H](O)[C@@H](COP(=O)(O)OP(=O)(O)OP(=O)(O)O)O2)cc1C#CCNC(=O)CCCCCNC(CCC[C@@H]1SC[C@@H]2NC(=O)N[C@@H]21)C(=O)O. The molecular weight excluding hydrogens is 831 g/mol. The van der Waals surface area contributed by atoms with Crippen LogP contribution in [-0.4, -0.2) is 118 Å². The van der Waals surface area contributed by atoms with Gasteiger partial charge in [-0.2, -0.15) is 25.4 Å². The Morgan fingerprint density at radius 3 is 2.57 bits per heavy atom. The second kappa shape index (κ2) is 20.2. The Hall–Kier alpha value is -2.91. The van der Waals surface area contributed by atoms with Gasteiger partial charge in [-0.25, -0.2) is 23.3 Å². The predicted octanol–water partition coefficient (Wildman–Crippen LogP) is -0.776. The quantitative estimate of drug-likeness (QED) is 0.0312. The summed E-state index contributed by atoms with van der Waals surface area (Å²) in [4.78, 5) is 88.0. The molecule has 28 heteroatoms. The number of aromatic nitrogens is 2. The number of urea groups is 1. The number of fused-ring (bicyclic) bond motifs is 1. The van der Waals surface area contributed by atoms with Crippen LogP contribution >= 0.6 is 35.2 Å². The van der Waals surface area contributed by atoms with Gasteiger partial charge in [-0.1, -0.05) is 24.7 Å². The highest BCUT2D eigenvalue weighted by molar-refractivity contribution is 8.00. The van der Waals surface area contributed by atoms with Gasteiger partial charge in [0.25, 0.3) is 0 Å². The number of carbonyl (C=O) groups is 3. The first kappa shape index (κ1) is 45.8. The maximum atomic E-state index is 12.5. The minimum Gasteiger partial charge on any atom is -0.480 e. The van der Waals surface area contributed by atoms with E-state index in [4.69, 9.17) is 20.3 Å². The monoisotopic (exact) mass is 875 g/mol. The van der Waals surface area contributed by atoms with Gasteiger partial charge in [0.2, 0.25) is 5.91 Å². The fourth-order valence-corrected chi connectivity index (χ4v) is 10.6. The van der Waals surface area contributed by atoms with Gasteiger partial charge >= 0.3 is 41.2 Å². The second-order valence-electron chi connectivity index (χ2n) is 12.8. The summed E-state index contributed by atoms with van der Waals surface area (Å²) in [5, 5.41) is 31.7. The van der Waals surface area contributed by atoms with Crippen LogP contribution in [0.1, 0.15) is 63.2 Å². The van der Waals surface area contributed by atoms with Gasteiger partial charge < -0.3 is 61.5 Å². The minimum atomic E-state index is -5.76. The summed E-state index contributed by atoms with van der Waals surface area (Å²) in [6, 6.07) is -0.657. The minimum absolute atomic E-state index is 0.0616. The summed E-state index contributed by atoms with van der Waals surface area (Å²) in [7, 11) is -16.9. The smallest absolute Gasteiger partial charge is 0.480 e. The number of nitrogens with one attached hydrogen (secondary N) is 4. The molecule has 0 aromatic carbocycles. The fraction of sp³-hybridized carbons (Fsp3) is 0.679. The highest BCUT2D eigenvalue weighted by Gasteiger charge is 2.44. The number of thioether (sulfide) groups is 1. The van der Waals surface area contributed by atoms with Crippen molar-refractivity contribution in [3.05, 3.63) is 22.2 Å². The molecule has 9 atom stereocenters. The first-order valence-electron chi connectivity index (χ1n) is 17.1. The lowest BCUT2D eigenvalue weighted by atomic mass is 10.0. The lowest BCUT2D eigenvalue weighted by molar-refractivity contribution is -0.139. The average Bonchev–Trinajstić information content (AvgIpc) is 3.75. The zero-order valence-electron chi connectivity index (χ0n) is 29.5. The van der Waals surface area contributed by atoms with Crippen molar-refractivity contribution in [3.63, 3.8) is 0 Å². The number of hydrogen-bond acceptors (Lipinski definition) is 16. The maximum Gasteiger partial charge on any atom is 0.490 e. The Morgan fingerprint density at radius 2 is 1.86 bits per heavy atom. The number of aliphatic hydroxyl groups is 1. The van der Waals surface area contributed by atoms with Crippen LogP contribution < -0.4 is 32.7 Å². The highest BCUT2D eigenvalue weighted by atomic mass is 32.2. The Labute approximate surface area is 323 Å². The van der Waals surface area contributed by atoms with Crippen LogP contribution in [0, 0.1) is 11.8 Å². The molecule has 56 heavy (non-hydrogen) atoms. The van der Waals surface area contributed by atoms with Gasteiger partial charge in [-0.3, -0.25) is 18.7 Å². The molecule has 12 N–H and O–H groups in total. The summed E-state index contributed by atoms with van der Waals surface area (Å²) in [6.45, 7) is -0.557. The van der Waals surface area contributed by atoms with Crippen LogP contribution in [0.15, 0.2) is 11.0 Å². The van der Waals surface area contributed by atoms with E-state index in [2.05, 4.69) is 51.2 Å². The van der Waals surface area contributed by atoms with Gasteiger partial charge in [0.15, 0.2) is 0 Å². The molecule has 1 aromatic heterocycles. The summed E-state index contributed by atoms with van der Waals surface area (Å²) < 4.78 is 52.5. The molecule has 4 heterocycles. The predicted molar refractivity (Wildman–Crippen MR) is 194 cm³/mol. The number of phosphoric ester groups is 1. The molecule has 24 nitrogen and oxygen atoms in total. The van der Waals surface area contributed by atoms with Crippen molar-refractivity contribution in [1.29, 1.82) is 0 Å². The number of carboxylic acid groups (broad SMARTS) is 1. The van der Waals surface area contributed by atoms with E-state index in [0.29, 0.717) is 38.6 Å². The first-order chi connectivity index (χ1) is 26.2. The Kier molecular flexibility index (Phi) is 16.5. The molecule has 4 rings (SSSR count). The number of nitrogens with two attached hydrogens (primary N) is 1. The number of rotatable bonds is 21. The largest absolute Gasteiger partial charge is 0.490 e. The lowest BCUT2D eigenvalue weighted by Gasteiger charge is -2.19. The third-order valence-corrected chi connectivity index (χ3v) is 13.9. The molecule has 3 amide bonds. The number of anilines is 1. The molecule has 0 saturated carbocycles. The number of aliphatic carboxylic acids is 1. The van der Waals surface area contributed by atoms with Crippen LogP contribution in [0.5, 0.6) is 0 Å². The number of amides is 3. The van der Waals surface area contributed by atoms with Crippen LogP contribution in [0.25, 0.3) is 0 Å². The molecule has 3 fully saturated rings. The highest BCUT2D eigenvalue weighted by Crippen LogP contribution is 2.66. The first-order valence-corrected chi connectivity index (χ1v) is 22.7. The molecular formula is C28H44N7O17P3S. The molecule has 1 aromatic rings. The van der Waals surface area contributed by atoms with E-state index in [0.717, 1.165) is 16.7 Å². The Morgan fingerprint density at radius 1 is 1.11 bits per heavy atom. The van der Waals surface area contributed by atoms with Gasteiger partial charge in [0.05, 0.1) is 36.9 Å². The van der Waals surface area contributed by atoms with Crippen molar-refractivity contribution < 1.29 is 75.7 Å². The fourth-order valence-electron chi connectivity index (χ4n) is 6.00. The topological polar surface area (TPSA) is 370 Å². The zero-order valence-corrected chi connectivity index (χ0v) is 33.0. The number of carbonyl (C=O) groups excluding carboxylic acids is 2. The number of carboxylic acids is 1. The van der Waals surface area contributed by atoms with Crippen molar-refractivity contribution in [1.82, 2.24) is 30.8 Å². The van der Waals surface area contributed by atoms with Crippen LogP contribution in [-0.2, 0) is 41.2 Å². The second-order valence-corrected chi connectivity index (χ2v) is 18.5. The Balaban J connectivity index is 1.14. The van der Waals surface area contributed by atoms with Crippen LogP contribution in [0.2, 0.25) is 0 Å². The number of nitrogens with zero attached hydrogens (tertiary/aromatic N) is 2. The number of aliphatic hydroxyl groups excluding tert-OH is 1. The summed E-state index contributed by atoms with van der Waals surface area (Å²) in [5.74, 6) is 4.76. The molecule has 0 aliphatic carbocycles. The van der Waals surface area contributed by atoms with Gasteiger partial charge in [0, 0.05) is 30.0 Å². The summed E-state index contributed by atoms with van der Waals surface area (Å²) in [5.41, 5.74) is 4.98. The van der Waals surface area contributed by atoms with E-state index in [9.17, 15) is 52.9 Å². The molecule has 0 radical (unpaired) electrons. The van der Waals surface area contributed by atoms with Crippen molar-refractivity contribution in [2.75, 3.05) is 31.2 Å². The molecule has 3 saturated heterocycles. The Bertz CT molecular complexity index is 1860. The molecule has 3 aliphatic rings. The number of phosphoric acid groups is 3. The van der Waals surface area contributed by atoms with Crippen LogP contribution in [0.4, 0.5) is 10.6 Å². The molecule has 3 aliphatic heterocycles. The third-order valence-electron chi connectivity index (χ3n) is 8.60. The molecule has 0 bridgehead atoms. The van der Waals surface area contributed by atoms with Crippen molar-refractivity contribution in [2.45, 2.75) is 93.2 Å². The summed E-state index contributed by atoms with van der Waals surface area (Å²) >= 11 is 1.78. The van der Waals surface area contributed by atoms with Crippen molar-refractivity contribution >= 4 is 59.0 Å². The van der Waals surface area contributed by atoms with Crippen molar-refractivity contribution in [3.8, 4) is 11.8 Å².